The fourth-order valence-corrected chi connectivity index (χ4v) is 6.12. The van der Waals surface area contributed by atoms with Gasteiger partial charge in [-0.1, -0.05) is 26.2 Å². The number of unbranched alkanes of at least 4 members (excludes halogenated alkanes) is 3. The molecule has 4 rings (SSSR count). The highest BCUT2D eigenvalue weighted by Crippen LogP contribution is 2.29. The largest absolute Gasteiger partial charge is 0.497 e. The van der Waals surface area contributed by atoms with E-state index in [1.54, 1.807) is 31.4 Å². The summed E-state index contributed by atoms with van der Waals surface area (Å²) in [4.78, 5) is 44.2. The van der Waals surface area contributed by atoms with Gasteiger partial charge in [0.25, 0.3) is 5.91 Å². The summed E-state index contributed by atoms with van der Waals surface area (Å²) in [5, 5.41) is 3.31. The summed E-state index contributed by atoms with van der Waals surface area (Å²) in [6.07, 6.45) is 6.79. The van der Waals surface area contributed by atoms with Crippen LogP contribution < -0.4 is 25.4 Å². The third-order valence-corrected chi connectivity index (χ3v) is 8.71. The van der Waals surface area contributed by atoms with Crippen LogP contribution in [0.5, 0.6) is 11.5 Å². The van der Waals surface area contributed by atoms with E-state index in [-0.39, 0.29) is 30.1 Å². The molecule has 2 aliphatic rings. The summed E-state index contributed by atoms with van der Waals surface area (Å²) in [7, 11) is 1.59. The second kappa shape index (κ2) is 16.4. The van der Waals surface area contributed by atoms with Crippen molar-refractivity contribution in [1.82, 2.24) is 9.80 Å². The van der Waals surface area contributed by atoms with Gasteiger partial charge in [-0.25, -0.2) is 0 Å². The molecule has 3 amide bonds. The standard InChI is InChI=1S/C33H45N5O5S/c1-3-4-5-6-22-43-28-12-8-25(9-13-28)35-30(39)23-29-32(41)38(26-10-14-27(42-2)15-11-26)33(44)37(29)19-7-18-36-20-16-24(17-21-36)31(34)40/h8-15,24,29H,3-7,16-23H2,1-2H3,(H2,34,40)(H,35,39)/t29-/m1/s1. The highest BCUT2D eigenvalue weighted by Gasteiger charge is 2.44. The maximum Gasteiger partial charge on any atom is 0.256 e. The molecule has 238 valence electrons. The van der Waals surface area contributed by atoms with E-state index in [4.69, 9.17) is 27.4 Å². The van der Waals surface area contributed by atoms with E-state index in [0.29, 0.717) is 35.4 Å². The van der Waals surface area contributed by atoms with Crippen molar-refractivity contribution in [2.24, 2.45) is 11.7 Å². The molecule has 3 N–H and O–H groups in total. The highest BCUT2D eigenvalue weighted by atomic mass is 32.1. The van der Waals surface area contributed by atoms with E-state index in [2.05, 4.69) is 17.1 Å². The van der Waals surface area contributed by atoms with Crippen LogP contribution in [0.25, 0.3) is 0 Å². The number of piperidine rings is 1. The van der Waals surface area contributed by atoms with Crippen molar-refractivity contribution in [2.45, 2.75) is 64.3 Å². The Labute approximate surface area is 265 Å². The molecule has 0 aliphatic carbocycles. The number of methoxy groups -OCH3 is 1. The minimum Gasteiger partial charge on any atom is -0.497 e. The molecule has 2 aromatic rings. The zero-order valence-corrected chi connectivity index (χ0v) is 26.7. The number of benzene rings is 2. The molecular weight excluding hydrogens is 578 g/mol. The number of rotatable bonds is 16. The average Bonchev–Trinajstić information content (AvgIpc) is 3.25. The Kier molecular flexibility index (Phi) is 12.4. The van der Waals surface area contributed by atoms with Gasteiger partial charge in [0.05, 0.1) is 25.8 Å². The van der Waals surface area contributed by atoms with Gasteiger partial charge in [-0.3, -0.25) is 19.3 Å². The SMILES string of the molecule is CCCCCCOc1ccc(NC(=O)C[C@@H]2C(=O)N(c3ccc(OC)cc3)C(=S)N2CCCN2CCC(C(N)=O)CC2)cc1. The molecule has 1 atom stereocenters. The number of hydrogen-bond donors (Lipinski definition) is 2. The first-order valence-electron chi connectivity index (χ1n) is 15.6. The Balaban J connectivity index is 1.38. The van der Waals surface area contributed by atoms with Crippen molar-refractivity contribution >= 4 is 46.4 Å². The van der Waals surface area contributed by atoms with Crippen LogP contribution in [0.3, 0.4) is 0 Å². The first kappa shape index (κ1) is 33.2. The summed E-state index contributed by atoms with van der Waals surface area (Å²) < 4.78 is 11.1. The van der Waals surface area contributed by atoms with Gasteiger partial charge in [-0.05, 0) is 106 Å². The Morgan fingerprint density at radius 1 is 0.955 bits per heavy atom. The quantitative estimate of drug-likeness (QED) is 0.206. The summed E-state index contributed by atoms with van der Waals surface area (Å²) in [5.74, 6) is 0.643. The number of likely N-dealkylation sites (tertiary alicyclic amines) is 1. The maximum absolute atomic E-state index is 13.8. The number of amides is 3. The minimum absolute atomic E-state index is 0.0364. The Hall–Kier alpha value is -3.70. The van der Waals surface area contributed by atoms with Gasteiger partial charge < -0.3 is 30.3 Å². The van der Waals surface area contributed by atoms with Crippen LogP contribution in [0.2, 0.25) is 0 Å². The molecule has 0 saturated carbocycles. The molecule has 2 heterocycles. The van der Waals surface area contributed by atoms with Crippen LogP contribution >= 0.6 is 12.2 Å². The molecular formula is C33H45N5O5S. The van der Waals surface area contributed by atoms with Crippen LogP contribution in [0, 0.1) is 5.92 Å². The zero-order chi connectivity index (χ0) is 31.5. The number of nitrogens with two attached hydrogens (primary N) is 1. The Morgan fingerprint density at radius 2 is 1.64 bits per heavy atom. The maximum atomic E-state index is 13.8. The van der Waals surface area contributed by atoms with Crippen molar-refractivity contribution in [3.05, 3.63) is 48.5 Å². The van der Waals surface area contributed by atoms with Crippen LogP contribution in [-0.2, 0) is 14.4 Å². The molecule has 0 aromatic heterocycles. The number of hydrogen-bond acceptors (Lipinski definition) is 7. The second-order valence-electron chi connectivity index (χ2n) is 11.4. The van der Waals surface area contributed by atoms with Crippen molar-refractivity contribution in [3.8, 4) is 11.5 Å². The topological polar surface area (TPSA) is 117 Å². The number of primary amides is 1. The molecule has 11 heteroatoms. The first-order valence-corrected chi connectivity index (χ1v) is 16.0. The van der Waals surface area contributed by atoms with Crippen LogP contribution in [0.15, 0.2) is 48.5 Å². The van der Waals surface area contributed by atoms with Crippen LogP contribution in [0.1, 0.15) is 58.3 Å². The Bertz CT molecular complexity index is 1260. The van der Waals surface area contributed by atoms with E-state index in [0.717, 1.165) is 57.5 Å². The molecule has 2 aliphatic heterocycles. The zero-order valence-electron chi connectivity index (χ0n) is 25.8. The summed E-state index contributed by atoms with van der Waals surface area (Å²) >= 11 is 5.82. The van der Waals surface area contributed by atoms with Crippen LogP contribution in [-0.4, -0.2) is 78.6 Å². The molecule has 2 fully saturated rings. The van der Waals surface area contributed by atoms with Gasteiger partial charge >= 0.3 is 0 Å². The summed E-state index contributed by atoms with van der Waals surface area (Å²) in [5.41, 5.74) is 6.75. The van der Waals surface area contributed by atoms with Gasteiger partial charge in [0.1, 0.15) is 17.5 Å². The number of anilines is 2. The minimum atomic E-state index is -0.726. The third kappa shape index (κ3) is 8.92. The average molecular weight is 624 g/mol. The molecule has 2 saturated heterocycles. The number of carbonyl (C=O) groups is 3. The smallest absolute Gasteiger partial charge is 0.256 e. The number of thiocarbonyl (C=S) groups is 1. The molecule has 0 unspecified atom stereocenters. The predicted molar refractivity (Wildman–Crippen MR) is 176 cm³/mol. The van der Waals surface area contributed by atoms with E-state index < -0.39 is 6.04 Å². The number of nitrogens with one attached hydrogen (secondary N) is 1. The Morgan fingerprint density at radius 3 is 2.27 bits per heavy atom. The number of carbonyl (C=O) groups excluding carboxylic acids is 3. The van der Waals surface area contributed by atoms with E-state index in [1.165, 1.54) is 17.7 Å². The van der Waals surface area contributed by atoms with E-state index in [1.807, 2.05) is 29.2 Å². The predicted octanol–water partition coefficient (Wildman–Crippen LogP) is 4.57. The molecule has 10 nitrogen and oxygen atoms in total. The summed E-state index contributed by atoms with van der Waals surface area (Å²) in [6, 6.07) is 13.7. The van der Waals surface area contributed by atoms with Gasteiger partial charge in [0, 0.05) is 18.2 Å². The third-order valence-electron chi connectivity index (χ3n) is 8.30. The molecule has 0 radical (unpaired) electrons. The molecule has 2 aromatic carbocycles. The lowest BCUT2D eigenvalue weighted by molar-refractivity contribution is -0.124. The lowest BCUT2D eigenvalue weighted by atomic mass is 9.96. The van der Waals surface area contributed by atoms with E-state index in [9.17, 15) is 14.4 Å². The van der Waals surface area contributed by atoms with Crippen LogP contribution in [0.4, 0.5) is 11.4 Å². The van der Waals surface area contributed by atoms with Gasteiger partial charge in [0.15, 0.2) is 5.11 Å². The lowest BCUT2D eigenvalue weighted by Crippen LogP contribution is -2.41. The van der Waals surface area contributed by atoms with E-state index >= 15 is 0 Å². The molecule has 44 heavy (non-hydrogen) atoms. The van der Waals surface area contributed by atoms with Gasteiger partial charge in [0.2, 0.25) is 11.8 Å². The second-order valence-corrected chi connectivity index (χ2v) is 11.8. The van der Waals surface area contributed by atoms with Crippen molar-refractivity contribution in [3.63, 3.8) is 0 Å². The van der Waals surface area contributed by atoms with Crippen molar-refractivity contribution < 1.29 is 23.9 Å². The molecule has 0 spiro atoms. The van der Waals surface area contributed by atoms with Gasteiger partial charge in [-0.2, -0.15) is 0 Å². The number of ether oxygens (including phenoxy) is 2. The fraction of sp³-hybridized carbons (Fsp3) is 0.515. The normalized spacial score (nSPS) is 17.6. The first-order chi connectivity index (χ1) is 21.3. The van der Waals surface area contributed by atoms with Crippen molar-refractivity contribution in [1.29, 1.82) is 0 Å². The molecule has 0 bridgehead atoms. The summed E-state index contributed by atoms with van der Waals surface area (Å²) in [6.45, 7) is 5.79. The monoisotopic (exact) mass is 623 g/mol. The highest BCUT2D eigenvalue weighted by molar-refractivity contribution is 7.80. The fourth-order valence-electron chi connectivity index (χ4n) is 5.70. The van der Waals surface area contributed by atoms with Crippen molar-refractivity contribution in [2.75, 3.05) is 50.1 Å². The lowest BCUT2D eigenvalue weighted by Gasteiger charge is -2.31. The van der Waals surface area contributed by atoms with Gasteiger partial charge in [-0.15, -0.1) is 0 Å². The number of nitrogens with zero attached hydrogens (tertiary/aromatic N) is 3.